The van der Waals surface area contributed by atoms with Crippen LogP contribution in [-0.2, 0) is 14.3 Å². The van der Waals surface area contributed by atoms with Crippen molar-refractivity contribution in [1.29, 1.82) is 0 Å². The summed E-state index contributed by atoms with van der Waals surface area (Å²) < 4.78 is 5.46. The van der Waals surface area contributed by atoms with Gasteiger partial charge in [0.25, 0.3) is 0 Å². The summed E-state index contributed by atoms with van der Waals surface area (Å²) in [5.74, 6) is -0.0377. The lowest BCUT2D eigenvalue weighted by Crippen LogP contribution is -2.45. The maximum absolute atomic E-state index is 12.5. The number of allylic oxidation sites excluding steroid dienone is 2. The minimum Gasteiger partial charge on any atom is -0.466 e. The number of aliphatic hydroxyl groups excluding tert-OH is 2. The van der Waals surface area contributed by atoms with Crippen LogP contribution in [0.3, 0.4) is 0 Å². The number of rotatable bonds is 59. The van der Waals surface area contributed by atoms with Crippen LogP contribution in [0.5, 0.6) is 0 Å². The van der Waals surface area contributed by atoms with Crippen LogP contribution in [0.25, 0.3) is 0 Å². The van der Waals surface area contributed by atoms with E-state index in [0.29, 0.717) is 25.9 Å². The highest BCUT2D eigenvalue weighted by molar-refractivity contribution is 5.76. The molecule has 0 fully saturated rings. The number of nitrogens with one attached hydrogen (secondary N) is 1. The molecule has 0 radical (unpaired) electrons. The van der Waals surface area contributed by atoms with E-state index in [1.165, 1.54) is 276 Å². The summed E-state index contributed by atoms with van der Waals surface area (Å²) in [6.07, 6.45) is 70.8. The first kappa shape index (κ1) is 67.6. The number of carbonyl (C=O) groups is 2. The zero-order valence-corrected chi connectivity index (χ0v) is 46.8. The minimum absolute atomic E-state index is 0.00277. The molecule has 1 amide bonds. The second-order valence-corrected chi connectivity index (χ2v) is 21.7. The number of unbranched alkanes of at least 4 members (excludes halogenated alkanes) is 46. The van der Waals surface area contributed by atoms with Crippen LogP contribution in [-0.4, -0.2) is 47.4 Å². The fraction of sp³-hybridized carbons (Fsp3) is 0.937. The summed E-state index contributed by atoms with van der Waals surface area (Å²) in [7, 11) is 0. The molecule has 2 unspecified atom stereocenters. The third kappa shape index (κ3) is 55.8. The van der Waals surface area contributed by atoms with Gasteiger partial charge in [0.2, 0.25) is 5.91 Å². The monoisotopic (exact) mass is 974 g/mol. The maximum Gasteiger partial charge on any atom is 0.305 e. The molecule has 0 bridgehead atoms. The summed E-state index contributed by atoms with van der Waals surface area (Å²) >= 11 is 0. The van der Waals surface area contributed by atoms with E-state index in [-0.39, 0.29) is 18.5 Å². The first-order valence-electron chi connectivity index (χ1n) is 31.4. The molecule has 6 nitrogen and oxygen atoms in total. The smallest absolute Gasteiger partial charge is 0.305 e. The Morgan fingerprint density at radius 3 is 1.07 bits per heavy atom. The number of esters is 1. The van der Waals surface area contributed by atoms with Gasteiger partial charge in [-0.2, -0.15) is 0 Å². The van der Waals surface area contributed by atoms with Crippen LogP contribution >= 0.6 is 0 Å². The Morgan fingerprint density at radius 2 is 0.696 bits per heavy atom. The molecule has 6 heteroatoms. The van der Waals surface area contributed by atoms with E-state index in [4.69, 9.17) is 4.74 Å². The molecule has 0 aliphatic heterocycles. The molecule has 0 aliphatic rings. The largest absolute Gasteiger partial charge is 0.466 e. The summed E-state index contributed by atoms with van der Waals surface area (Å²) in [6, 6.07) is -0.545. The van der Waals surface area contributed by atoms with Gasteiger partial charge in [-0.05, 0) is 44.9 Å². The Labute approximate surface area is 431 Å². The van der Waals surface area contributed by atoms with Gasteiger partial charge in [0.05, 0.1) is 25.4 Å². The van der Waals surface area contributed by atoms with Crippen molar-refractivity contribution in [2.75, 3.05) is 13.2 Å². The van der Waals surface area contributed by atoms with Gasteiger partial charge in [-0.25, -0.2) is 0 Å². The fourth-order valence-corrected chi connectivity index (χ4v) is 9.98. The third-order valence-electron chi connectivity index (χ3n) is 14.8. The van der Waals surface area contributed by atoms with E-state index in [1.807, 2.05) is 0 Å². The number of amides is 1. The Hall–Kier alpha value is -1.40. The van der Waals surface area contributed by atoms with Crippen LogP contribution in [0.1, 0.15) is 354 Å². The lowest BCUT2D eigenvalue weighted by molar-refractivity contribution is -0.143. The van der Waals surface area contributed by atoms with E-state index >= 15 is 0 Å². The fourth-order valence-electron chi connectivity index (χ4n) is 9.98. The molecule has 2 atom stereocenters. The molecule has 0 aromatic carbocycles. The second-order valence-electron chi connectivity index (χ2n) is 21.7. The molecule has 0 rings (SSSR count). The highest BCUT2D eigenvalue weighted by atomic mass is 16.5. The Kier molecular flexibility index (Phi) is 58.0. The van der Waals surface area contributed by atoms with E-state index in [1.54, 1.807) is 0 Å². The van der Waals surface area contributed by atoms with Crippen LogP contribution in [0, 0.1) is 0 Å². The van der Waals surface area contributed by atoms with Crippen molar-refractivity contribution in [2.24, 2.45) is 0 Å². The minimum atomic E-state index is -0.668. The van der Waals surface area contributed by atoms with E-state index in [0.717, 1.165) is 44.9 Å². The molecular weight excluding hydrogens is 851 g/mol. The molecule has 3 N–H and O–H groups in total. The molecular formula is C63H123NO5. The second kappa shape index (κ2) is 59.2. The molecule has 0 aliphatic carbocycles. The standard InChI is InChI=1S/C63H123NO5/c1-3-5-7-9-11-13-15-16-17-18-19-20-21-22-23-26-29-32-36-39-43-47-51-55-61(66)60(59-65)64-62(67)56-52-48-44-40-37-33-30-27-24-25-28-31-34-38-42-46-50-54-58-69-63(68)57-53-49-45-41-35-14-12-10-8-6-4-2/h10,12,60-61,65-66H,3-9,11,13-59H2,1-2H3,(H,64,67)/b12-10-. The summed E-state index contributed by atoms with van der Waals surface area (Å²) in [4.78, 5) is 24.5. The average molecular weight is 975 g/mol. The quantitative estimate of drug-likeness (QED) is 0.0321. The van der Waals surface area contributed by atoms with Crippen molar-refractivity contribution < 1.29 is 24.5 Å². The van der Waals surface area contributed by atoms with Crippen LogP contribution in [0.4, 0.5) is 0 Å². The van der Waals surface area contributed by atoms with Gasteiger partial charge in [0.1, 0.15) is 0 Å². The predicted molar refractivity (Wildman–Crippen MR) is 301 cm³/mol. The highest BCUT2D eigenvalue weighted by Gasteiger charge is 2.20. The number of hydrogen-bond acceptors (Lipinski definition) is 5. The van der Waals surface area contributed by atoms with Gasteiger partial charge in [-0.3, -0.25) is 9.59 Å². The van der Waals surface area contributed by atoms with E-state index < -0.39 is 12.1 Å². The number of aliphatic hydroxyl groups is 2. The number of carbonyl (C=O) groups excluding carboxylic acids is 2. The number of ether oxygens (including phenoxy) is 1. The average Bonchev–Trinajstić information content (AvgIpc) is 3.35. The van der Waals surface area contributed by atoms with Crippen LogP contribution in [0.2, 0.25) is 0 Å². The first-order valence-corrected chi connectivity index (χ1v) is 31.4. The third-order valence-corrected chi connectivity index (χ3v) is 14.8. The lowest BCUT2D eigenvalue weighted by atomic mass is 10.0. The first-order chi connectivity index (χ1) is 34.0. The van der Waals surface area contributed by atoms with E-state index in [2.05, 4.69) is 31.3 Å². The van der Waals surface area contributed by atoms with Crippen LogP contribution < -0.4 is 5.32 Å². The lowest BCUT2D eigenvalue weighted by Gasteiger charge is -2.22. The molecule has 69 heavy (non-hydrogen) atoms. The zero-order chi connectivity index (χ0) is 50.0. The molecule has 0 spiro atoms. The molecule has 0 saturated carbocycles. The van der Waals surface area contributed by atoms with Crippen molar-refractivity contribution in [3.63, 3.8) is 0 Å². The van der Waals surface area contributed by atoms with Crippen molar-refractivity contribution in [3.8, 4) is 0 Å². The van der Waals surface area contributed by atoms with Crippen molar-refractivity contribution in [2.45, 2.75) is 366 Å². The van der Waals surface area contributed by atoms with Crippen molar-refractivity contribution in [3.05, 3.63) is 12.2 Å². The molecule has 0 aromatic rings. The predicted octanol–water partition coefficient (Wildman–Crippen LogP) is 19.6. The zero-order valence-electron chi connectivity index (χ0n) is 46.8. The maximum atomic E-state index is 12.5. The normalized spacial score (nSPS) is 12.6. The molecule has 0 aromatic heterocycles. The van der Waals surface area contributed by atoms with Gasteiger partial charge in [-0.1, -0.05) is 309 Å². The molecule has 0 saturated heterocycles. The van der Waals surface area contributed by atoms with Gasteiger partial charge in [0.15, 0.2) is 0 Å². The van der Waals surface area contributed by atoms with Crippen molar-refractivity contribution >= 4 is 11.9 Å². The topological polar surface area (TPSA) is 95.9 Å². The van der Waals surface area contributed by atoms with Crippen LogP contribution in [0.15, 0.2) is 12.2 Å². The van der Waals surface area contributed by atoms with Gasteiger partial charge in [0, 0.05) is 12.8 Å². The summed E-state index contributed by atoms with van der Waals surface area (Å²) in [6.45, 7) is 4.94. The SMILES string of the molecule is CCCC/C=C\CCCCCCCC(=O)OCCCCCCCCCCCCCCCCCCCCC(=O)NC(CO)C(O)CCCCCCCCCCCCCCCCCCCCCCCCC. The Bertz CT molecular complexity index is 1030. The molecule has 410 valence electrons. The van der Waals surface area contributed by atoms with Crippen molar-refractivity contribution in [1.82, 2.24) is 5.32 Å². The van der Waals surface area contributed by atoms with Gasteiger partial charge in [-0.15, -0.1) is 0 Å². The summed E-state index contributed by atoms with van der Waals surface area (Å²) in [5, 5.41) is 23.4. The Balaban J connectivity index is 3.41. The summed E-state index contributed by atoms with van der Waals surface area (Å²) in [5.41, 5.74) is 0. The molecule has 0 heterocycles. The van der Waals surface area contributed by atoms with E-state index in [9.17, 15) is 19.8 Å². The highest BCUT2D eigenvalue weighted by Crippen LogP contribution is 2.18. The van der Waals surface area contributed by atoms with Gasteiger partial charge >= 0.3 is 5.97 Å². The number of hydrogen-bond donors (Lipinski definition) is 3. The Morgan fingerprint density at radius 1 is 0.391 bits per heavy atom. The van der Waals surface area contributed by atoms with Gasteiger partial charge < -0.3 is 20.3 Å².